The maximum absolute atomic E-state index is 13.8. The van der Waals surface area contributed by atoms with E-state index in [1.165, 1.54) is 23.0 Å². The summed E-state index contributed by atoms with van der Waals surface area (Å²) in [6.45, 7) is 2.53. The Morgan fingerprint density at radius 1 is 1.21 bits per heavy atom. The van der Waals surface area contributed by atoms with Crippen LogP contribution in [0.4, 0.5) is 26.7 Å². The van der Waals surface area contributed by atoms with Crippen molar-refractivity contribution in [2.24, 2.45) is 5.92 Å². The second-order valence-corrected chi connectivity index (χ2v) is 10.2. The lowest BCUT2D eigenvalue weighted by Crippen LogP contribution is -2.40. The van der Waals surface area contributed by atoms with Crippen LogP contribution in [0.3, 0.4) is 0 Å². The first-order chi connectivity index (χ1) is 17.5. The van der Waals surface area contributed by atoms with E-state index in [9.17, 15) is 36.6 Å². The number of alkyl carbamates (subject to hydrolysis) is 1. The zero-order chi connectivity index (χ0) is 28.3. The van der Waals surface area contributed by atoms with Gasteiger partial charge in [0.2, 0.25) is 11.8 Å². The molecule has 1 fully saturated rings. The SMILES string of the molecule is CC(C)(C)OC(=O)N[C@H](c1cn2ncc([C@@H](O)NC(=O)COCC(F)(F)F)cc2n1)C1CCC(F)(F)CC1. The zero-order valence-corrected chi connectivity index (χ0v) is 21.0. The lowest BCUT2D eigenvalue weighted by atomic mass is 9.81. The molecule has 2 amide bonds. The number of aliphatic hydroxyl groups is 1. The number of aromatic nitrogens is 3. The lowest BCUT2D eigenvalue weighted by Gasteiger charge is -2.33. The third-order valence-corrected chi connectivity index (χ3v) is 5.70. The number of nitrogens with zero attached hydrogens (tertiary/aromatic N) is 3. The number of carbonyl (C=O) groups is 2. The van der Waals surface area contributed by atoms with Crippen LogP contribution in [0, 0.1) is 5.92 Å². The predicted molar refractivity (Wildman–Crippen MR) is 122 cm³/mol. The molecule has 212 valence electrons. The number of halogens is 5. The number of rotatable bonds is 8. The van der Waals surface area contributed by atoms with E-state index in [0.29, 0.717) is 5.69 Å². The summed E-state index contributed by atoms with van der Waals surface area (Å²) in [5, 5.41) is 19.2. The van der Waals surface area contributed by atoms with Gasteiger partial charge in [-0.05, 0) is 45.6 Å². The first kappa shape index (κ1) is 29.5. The van der Waals surface area contributed by atoms with Crippen molar-refractivity contribution < 1.29 is 46.1 Å². The van der Waals surface area contributed by atoms with Gasteiger partial charge in [-0.25, -0.2) is 23.1 Å². The molecule has 0 aromatic carbocycles. The number of fused-ring (bicyclic) bond motifs is 1. The van der Waals surface area contributed by atoms with Gasteiger partial charge in [-0.15, -0.1) is 0 Å². The molecule has 0 bridgehead atoms. The van der Waals surface area contributed by atoms with Crippen molar-refractivity contribution in [2.45, 2.75) is 76.4 Å². The van der Waals surface area contributed by atoms with Gasteiger partial charge in [0.15, 0.2) is 11.9 Å². The summed E-state index contributed by atoms with van der Waals surface area (Å²) >= 11 is 0. The van der Waals surface area contributed by atoms with Crippen LogP contribution in [0.15, 0.2) is 18.5 Å². The largest absolute Gasteiger partial charge is 0.444 e. The number of carbonyl (C=O) groups excluding carboxylic acids is 2. The van der Waals surface area contributed by atoms with Gasteiger partial charge < -0.3 is 25.2 Å². The van der Waals surface area contributed by atoms with E-state index in [1.54, 1.807) is 20.8 Å². The van der Waals surface area contributed by atoms with Gasteiger partial charge in [0.25, 0.3) is 0 Å². The maximum Gasteiger partial charge on any atom is 0.411 e. The Balaban J connectivity index is 1.76. The molecule has 3 N–H and O–H groups in total. The summed E-state index contributed by atoms with van der Waals surface area (Å²) in [7, 11) is 0. The molecule has 2 atom stereocenters. The van der Waals surface area contributed by atoms with Crippen molar-refractivity contribution in [3.05, 3.63) is 29.7 Å². The van der Waals surface area contributed by atoms with Gasteiger partial charge in [-0.3, -0.25) is 4.79 Å². The third kappa shape index (κ3) is 8.75. The molecule has 3 rings (SSSR count). The summed E-state index contributed by atoms with van der Waals surface area (Å²) in [6.07, 6.45) is -4.64. The fourth-order valence-electron chi connectivity index (χ4n) is 4.01. The van der Waals surface area contributed by atoms with Crippen LogP contribution in [0.25, 0.3) is 5.65 Å². The smallest absolute Gasteiger partial charge is 0.411 e. The molecule has 1 aliphatic carbocycles. The fraction of sp³-hybridized carbons (Fsp3) is 0.652. The molecule has 2 heterocycles. The Bertz CT molecular complexity index is 1120. The van der Waals surface area contributed by atoms with E-state index >= 15 is 0 Å². The van der Waals surface area contributed by atoms with Crippen LogP contribution in [0.5, 0.6) is 0 Å². The number of amides is 2. The van der Waals surface area contributed by atoms with Gasteiger partial charge in [-0.1, -0.05) is 0 Å². The molecule has 10 nitrogen and oxygen atoms in total. The predicted octanol–water partition coefficient (Wildman–Crippen LogP) is 3.81. The molecule has 2 aromatic heterocycles. The number of aliphatic hydroxyl groups excluding tert-OH is 1. The van der Waals surface area contributed by atoms with Crippen LogP contribution in [-0.4, -0.2) is 62.6 Å². The Morgan fingerprint density at radius 3 is 2.47 bits per heavy atom. The van der Waals surface area contributed by atoms with E-state index in [1.807, 2.05) is 0 Å². The van der Waals surface area contributed by atoms with Gasteiger partial charge in [-0.2, -0.15) is 18.3 Å². The molecule has 0 unspecified atom stereocenters. The summed E-state index contributed by atoms with van der Waals surface area (Å²) in [6, 6.07) is 0.610. The number of alkyl halides is 5. The Morgan fingerprint density at radius 2 is 1.87 bits per heavy atom. The van der Waals surface area contributed by atoms with Crippen LogP contribution in [0.1, 0.15) is 70.0 Å². The van der Waals surface area contributed by atoms with Gasteiger partial charge in [0.1, 0.15) is 18.8 Å². The maximum atomic E-state index is 13.8. The second-order valence-electron chi connectivity index (χ2n) is 10.2. The second kappa shape index (κ2) is 11.4. The average Bonchev–Trinajstić information content (AvgIpc) is 3.18. The highest BCUT2D eigenvalue weighted by molar-refractivity contribution is 5.77. The molecule has 1 saturated carbocycles. The molecule has 0 radical (unpaired) electrons. The quantitative estimate of drug-likeness (QED) is 0.336. The van der Waals surface area contributed by atoms with Gasteiger partial charge in [0, 0.05) is 18.4 Å². The third-order valence-electron chi connectivity index (χ3n) is 5.70. The van der Waals surface area contributed by atoms with Crippen LogP contribution >= 0.6 is 0 Å². The summed E-state index contributed by atoms with van der Waals surface area (Å²) in [4.78, 5) is 28.8. The number of nitrogens with one attached hydrogen (secondary N) is 2. The summed E-state index contributed by atoms with van der Waals surface area (Å²) < 4.78 is 74.9. The topological polar surface area (TPSA) is 127 Å². The molecule has 0 aliphatic heterocycles. The minimum atomic E-state index is -4.60. The summed E-state index contributed by atoms with van der Waals surface area (Å²) in [5.41, 5.74) is -0.180. The van der Waals surface area contributed by atoms with Crippen LogP contribution in [-0.2, 0) is 14.3 Å². The van der Waals surface area contributed by atoms with E-state index < -0.39 is 55.2 Å². The van der Waals surface area contributed by atoms with E-state index in [0.717, 1.165) is 0 Å². The lowest BCUT2D eigenvalue weighted by molar-refractivity contribution is -0.176. The molecular weight excluding hydrogens is 521 g/mol. The van der Waals surface area contributed by atoms with Crippen molar-refractivity contribution in [2.75, 3.05) is 13.2 Å². The first-order valence-electron chi connectivity index (χ1n) is 11.9. The highest BCUT2D eigenvalue weighted by Gasteiger charge is 2.39. The van der Waals surface area contributed by atoms with E-state index in [2.05, 4.69) is 25.5 Å². The number of ether oxygens (including phenoxy) is 2. The molecule has 0 saturated heterocycles. The first-order valence-corrected chi connectivity index (χ1v) is 11.9. The Hall–Kier alpha value is -3.07. The van der Waals surface area contributed by atoms with E-state index in [-0.39, 0.29) is 42.8 Å². The van der Waals surface area contributed by atoms with Gasteiger partial charge in [0.05, 0.1) is 24.1 Å². The van der Waals surface area contributed by atoms with Crippen molar-refractivity contribution in [1.82, 2.24) is 25.2 Å². The van der Waals surface area contributed by atoms with Crippen LogP contribution < -0.4 is 10.6 Å². The minimum Gasteiger partial charge on any atom is -0.444 e. The zero-order valence-electron chi connectivity index (χ0n) is 21.0. The highest BCUT2D eigenvalue weighted by atomic mass is 19.4. The Kier molecular flexibility index (Phi) is 8.81. The normalized spacial score (nSPS) is 18.1. The molecular formula is C23H30F5N5O5. The number of imidazole rings is 1. The van der Waals surface area contributed by atoms with Gasteiger partial charge >= 0.3 is 12.3 Å². The van der Waals surface area contributed by atoms with E-state index in [4.69, 9.17) is 4.74 Å². The number of hydrogen-bond acceptors (Lipinski definition) is 7. The molecule has 0 spiro atoms. The standard InChI is InChI=1S/C23H30F5N5O5/c1-21(2,3)38-20(36)32-18(13-4-6-22(24,25)7-5-13)15-10-33-16(30-15)8-14(9-29-33)19(35)31-17(34)11-37-12-23(26,27)28/h8-10,13,18-19,35H,4-7,11-12H2,1-3H3,(H,31,34)(H,32,36)/t18-,19+/m0/s1. The molecule has 15 heteroatoms. The van der Waals surface area contributed by atoms with Crippen LogP contribution in [0.2, 0.25) is 0 Å². The summed E-state index contributed by atoms with van der Waals surface area (Å²) in [5.74, 6) is -4.12. The Labute approximate surface area is 214 Å². The molecule has 38 heavy (non-hydrogen) atoms. The van der Waals surface area contributed by atoms with Crippen molar-refractivity contribution >= 4 is 17.6 Å². The molecule has 2 aromatic rings. The monoisotopic (exact) mass is 551 g/mol. The fourth-order valence-corrected chi connectivity index (χ4v) is 4.01. The highest BCUT2D eigenvalue weighted by Crippen LogP contribution is 2.41. The van der Waals surface area contributed by atoms with Crippen molar-refractivity contribution in [3.63, 3.8) is 0 Å². The van der Waals surface area contributed by atoms with Crippen molar-refractivity contribution in [3.8, 4) is 0 Å². The molecule has 1 aliphatic rings. The van der Waals surface area contributed by atoms with Crippen molar-refractivity contribution in [1.29, 1.82) is 0 Å². The average molecular weight is 552 g/mol. The number of hydrogen-bond donors (Lipinski definition) is 3. The minimum absolute atomic E-state index is 0.0766.